The number of allylic oxidation sites excluding steroid dienone is 2. The Hall–Kier alpha value is -4.14. The van der Waals surface area contributed by atoms with Crippen LogP contribution < -0.4 is 0 Å². The molecule has 4 atom stereocenters. The van der Waals surface area contributed by atoms with Gasteiger partial charge >= 0.3 is 0 Å². The van der Waals surface area contributed by atoms with Crippen molar-refractivity contribution in [3.05, 3.63) is 88.0 Å². The molecule has 180 valence electrons. The second-order valence-electron chi connectivity index (χ2n) is 8.75. The normalized spacial score (nSPS) is 22.0. The molecule has 0 unspecified atom stereocenters. The first-order valence-electron chi connectivity index (χ1n) is 11.5. The van der Waals surface area contributed by atoms with Gasteiger partial charge in [-0.1, -0.05) is 56.3 Å². The van der Waals surface area contributed by atoms with Crippen LogP contribution in [0.1, 0.15) is 47.4 Å². The molecule has 9 nitrogen and oxygen atoms in total. The Balaban J connectivity index is 1.79. The van der Waals surface area contributed by atoms with Crippen LogP contribution in [-0.2, 0) is 9.59 Å². The van der Waals surface area contributed by atoms with Gasteiger partial charge in [0.05, 0.1) is 16.8 Å². The maximum atomic E-state index is 13.8. The van der Waals surface area contributed by atoms with E-state index in [1.165, 1.54) is 24.3 Å². The molecule has 35 heavy (non-hydrogen) atoms. The second kappa shape index (κ2) is 9.61. The number of nitrogens with zero attached hydrogens (tertiary/aromatic N) is 3. The summed E-state index contributed by atoms with van der Waals surface area (Å²) in [6, 6.07) is 12.1. The SMILES string of the molecule is CC[C@H](C(=O)c1ccccc1)N(C(=O)c1ccc([N+](=O)[O-])cc1)N1C(=O)[C@@H]2[C@@H](C)C=CC[C@H]2C1=O. The number of nitro groups is 1. The van der Waals surface area contributed by atoms with Crippen LogP contribution in [0.2, 0.25) is 0 Å². The lowest BCUT2D eigenvalue weighted by Gasteiger charge is -2.36. The molecule has 0 spiro atoms. The summed E-state index contributed by atoms with van der Waals surface area (Å²) in [5, 5.41) is 12.9. The van der Waals surface area contributed by atoms with E-state index in [2.05, 4.69) is 0 Å². The van der Waals surface area contributed by atoms with E-state index in [4.69, 9.17) is 0 Å². The van der Waals surface area contributed by atoms with E-state index in [0.717, 1.165) is 10.0 Å². The van der Waals surface area contributed by atoms with Gasteiger partial charge in [-0.15, -0.1) is 0 Å². The van der Waals surface area contributed by atoms with Crippen molar-refractivity contribution in [1.29, 1.82) is 0 Å². The second-order valence-corrected chi connectivity index (χ2v) is 8.75. The topological polar surface area (TPSA) is 118 Å². The van der Waals surface area contributed by atoms with Gasteiger partial charge in [-0.05, 0) is 30.9 Å². The van der Waals surface area contributed by atoms with Crippen molar-refractivity contribution in [3.8, 4) is 0 Å². The zero-order chi connectivity index (χ0) is 25.3. The Kier molecular flexibility index (Phi) is 6.59. The molecular weight excluding hydrogens is 450 g/mol. The van der Waals surface area contributed by atoms with Gasteiger partial charge in [-0.25, -0.2) is 5.01 Å². The molecule has 1 saturated heterocycles. The standard InChI is InChI=1S/C26H25N3O6/c1-3-21(23(30)17-9-5-4-6-10-17)27(24(31)18-12-14-19(15-13-18)29(34)35)28-25(32)20-11-7-8-16(2)22(20)26(28)33/h4-10,12-16,20-22H,3,11H2,1-2H3/t16-,20+,21+,22+/m0/s1. The molecule has 0 bridgehead atoms. The predicted octanol–water partition coefficient (Wildman–Crippen LogP) is 3.81. The number of fused-ring (bicyclic) bond motifs is 1. The van der Waals surface area contributed by atoms with Crippen molar-refractivity contribution in [2.24, 2.45) is 17.8 Å². The van der Waals surface area contributed by atoms with Crippen molar-refractivity contribution in [2.75, 3.05) is 0 Å². The summed E-state index contributed by atoms with van der Waals surface area (Å²) >= 11 is 0. The number of hydrazine groups is 1. The predicted molar refractivity (Wildman–Crippen MR) is 126 cm³/mol. The van der Waals surface area contributed by atoms with E-state index < -0.39 is 46.3 Å². The van der Waals surface area contributed by atoms with Gasteiger partial charge in [0.15, 0.2) is 5.78 Å². The molecule has 4 rings (SSSR count). The highest BCUT2D eigenvalue weighted by Gasteiger charge is 2.54. The van der Waals surface area contributed by atoms with Crippen LogP contribution in [-0.4, -0.2) is 44.5 Å². The van der Waals surface area contributed by atoms with Crippen molar-refractivity contribution >= 4 is 29.2 Å². The Morgan fingerprint density at radius 3 is 2.29 bits per heavy atom. The van der Waals surface area contributed by atoms with E-state index >= 15 is 0 Å². The minimum absolute atomic E-state index is 0.0246. The summed E-state index contributed by atoms with van der Waals surface area (Å²) < 4.78 is 0. The lowest BCUT2D eigenvalue weighted by Crippen LogP contribution is -2.57. The van der Waals surface area contributed by atoms with Gasteiger partial charge in [0, 0.05) is 23.3 Å². The summed E-state index contributed by atoms with van der Waals surface area (Å²) in [5.74, 6) is -3.64. The summed E-state index contributed by atoms with van der Waals surface area (Å²) in [5.41, 5.74) is 0.156. The first-order valence-corrected chi connectivity index (χ1v) is 11.5. The Morgan fingerprint density at radius 2 is 1.71 bits per heavy atom. The van der Waals surface area contributed by atoms with Crippen molar-refractivity contribution in [2.45, 2.75) is 32.7 Å². The molecule has 0 N–H and O–H groups in total. The molecular formula is C26H25N3O6. The summed E-state index contributed by atoms with van der Waals surface area (Å²) in [7, 11) is 0. The van der Waals surface area contributed by atoms with Crippen LogP contribution in [0.15, 0.2) is 66.7 Å². The average molecular weight is 476 g/mol. The lowest BCUT2D eigenvalue weighted by molar-refractivity contribution is -0.384. The zero-order valence-electron chi connectivity index (χ0n) is 19.4. The van der Waals surface area contributed by atoms with Gasteiger partial charge in [-0.3, -0.25) is 29.3 Å². The minimum Gasteiger partial charge on any atom is -0.292 e. The number of hydrogen-bond acceptors (Lipinski definition) is 6. The van der Waals surface area contributed by atoms with Gasteiger partial charge in [0.2, 0.25) is 0 Å². The fourth-order valence-electron chi connectivity index (χ4n) is 4.84. The molecule has 0 radical (unpaired) electrons. The van der Waals surface area contributed by atoms with Crippen molar-refractivity contribution < 1.29 is 24.1 Å². The molecule has 1 heterocycles. The lowest BCUT2D eigenvalue weighted by atomic mass is 9.78. The summed E-state index contributed by atoms with van der Waals surface area (Å²) in [4.78, 5) is 64.7. The van der Waals surface area contributed by atoms with E-state index in [9.17, 15) is 29.3 Å². The average Bonchev–Trinajstić information content (AvgIpc) is 3.12. The third-order valence-corrected chi connectivity index (χ3v) is 6.64. The van der Waals surface area contributed by atoms with Gasteiger partial charge in [0.25, 0.3) is 23.4 Å². The van der Waals surface area contributed by atoms with Crippen LogP contribution in [0.25, 0.3) is 0 Å². The smallest absolute Gasteiger partial charge is 0.273 e. The monoisotopic (exact) mass is 475 g/mol. The third-order valence-electron chi connectivity index (χ3n) is 6.64. The van der Waals surface area contributed by atoms with Crippen LogP contribution in [0, 0.1) is 27.9 Å². The van der Waals surface area contributed by atoms with Crippen LogP contribution in [0.3, 0.4) is 0 Å². The number of nitro benzene ring substituents is 1. The fourth-order valence-corrected chi connectivity index (χ4v) is 4.84. The van der Waals surface area contributed by atoms with Crippen LogP contribution in [0.4, 0.5) is 5.69 Å². The quantitative estimate of drug-likeness (QED) is 0.198. The number of benzene rings is 2. The van der Waals surface area contributed by atoms with Gasteiger partial charge in [-0.2, -0.15) is 5.01 Å². The third kappa shape index (κ3) is 4.25. The van der Waals surface area contributed by atoms with Crippen LogP contribution in [0.5, 0.6) is 0 Å². The van der Waals surface area contributed by atoms with Crippen molar-refractivity contribution in [1.82, 2.24) is 10.0 Å². The number of imide groups is 1. The van der Waals surface area contributed by atoms with E-state index in [0.29, 0.717) is 12.0 Å². The van der Waals surface area contributed by atoms with E-state index in [-0.39, 0.29) is 23.6 Å². The molecule has 9 heteroatoms. The fraction of sp³-hybridized carbons (Fsp3) is 0.308. The molecule has 2 aromatic carbocycles. The summed E-state index contributed by atoms with van der Waals surface area (Å²) in [6.45, 7) is 3.54. The van der Waals surface area contributed by atoms with Crippen LogP contribution >= 0.6 is 0 Å². The number of ketones is 1. The molecule has 2 aromatic rings. The number of carbonyl (C=O) groups excluding carboxylic acids is 4. The largest absolute Gasteiger partial charge is 0.292 e. The molecule has 0 saturated carbocycles. The minimum atomic E-state index is -1.13. The highest BCUT2D eigenvalue weighted by Crippen LogP contribution is 2.40. The highest BCUT2D eigenvalue weighted by atomic mass is 16.6. The molecule has 2 aliphatic rings. The number of amides is 3. The maximum Gasteiger partial charge on any atom is 0.273 e. The molecule has 1 fully saturated rings. The molecule has 1 aliphatic heterocycles. The molecule has 3 amide bonds. The maximum absolute atomic E-state index is 13.8. The Labute approximate surface area is 202 Å². The van der Waals surface area contributed by atoms with Gasteiger partial charge in [0.1, 0.15) is 6.04 Å². The molecule has 1 aliphatic carbocycles. The van der Waals surface area contributed by atoms with E-state index in [1.807, 2.05) is 19.1 Å². The van der Waals surface area contributed by atoms with Gasteiger partial charge < -0.3 is 0 Å². The Bertz CT molecular complexity index is 1210. The number of Topliss-reactive ketones (excluding diaryl/α,β-unsaturated/α-hetero) is 1. The number of rotatable bonds is 7. The number of hydrogen-bond donors (Lipinski definition) is 0. The number of carbonyl (C=O) groups is 4. The summed E-state index contributed by atoms with van der Waals surface area (Å²) in [6.07, 6.45) is 4.26. The zero-order valence-corrected chi connectivity index (χ0v) is 19.4. The highest BCUT2D eigenvalue weighted by molar-refractivity contribution is 6.10. The van der Waals surface area contributed by atoms with E-state index in [1.54, 1.807) is 37.3 Å². The molecule has 0 aromatic heterocycles. The Morgan fingerprint density at radius 1 is 1.06 bits per heavy atom. The number of non-ortho nitro benzene ring substituents is 1. The van der Waals surface area contributed by atoms with Crippen molar-refractivity contribution in [3.63, 3.8) is 0 Å². The first-order chi connectivity index (χ1) is 16.8. The first kappa shape index (κ1) is 24.0.